The minimum atomic E-state index is 0.741. The highest BCUT2D eigenvalue weighted by Crippen LogP contribution is 2.17. The smallest absolute Gasteiger partial charge is 0.0636 e. The highest BCUT2D eigenvalue weighted by atomic mass is 16.5. The van der Waals surface area contributed by atoms with Gasteiger partial charge < -0.3 is 10.1 Å². The van der Waals surface area contributed by atoms with Crippen molar-refractivity contribution in [3.63, 3.8) is 0 Å². The van der Waals surface area contributed by atoms with Crippen LogP contribution in [0.25, 0.3) is 0 Å². The number of hydrogen-bond donors (Lipinski definition) is 1. The molecule has 34 valence electrons. The van der Waals surface area contributed by atoms with Crippen molar-refractivity contribution in [2.24, 2.45) is 0 Å². The van der Waals surface area contributed by atoms with Crippen LogP contribution in [0.4, 0.5) is 0 Å². The van der Waals surface area contributed by atoms with Crippen LogP contribution in [0.15, 0.2) is 0 Å². The van der Waals surface area contributed by atoms with Crippen molar-refractivity contribution >= 4 is 0 Å². The summed E-state index contributed by atoms with van der Waals surface area (Å²) in [6, 6.07) is 1.48. The Morgan fingerprint density at radius 3 is 2.17 bits per heavy atom. The number of nitrogens with one attached hydrogen (secondary N) is 1. The maximum atomic E-state index is 5.04. The van der Waals surface area contributed by atoms with Crippen molar-refractivity contribution in [1.82, 2.24) is 5.32 Å². The van der Waals surface area contributed by atoms with Gasteiger partial charge in [-0.1, -0.05) is 0 Å². The van der Waals surface area contributed by atoms with Gasteiger partial charge in [0, 0.05) is 12.1 Å². The SMILES string of the molecule is C1OC[C@H]2N[C@H]12. The zero-order chi connectivity index (χ0) is 3.98. The molecule has 0 spiro atoms. The highest BCUT2D eigenvalue weighted by Gasteiger charge is 2.41. The molecule has 2 atom stereocenters. The second-order valence-corrected chi connectivity index (χ2v) is 1.92. The number of fused-ring (bicyclic) bond motifs is 1. The van der Waals surface area contributed by atoms with Crippen LogP contribution in [0, 0.1) is 0 Å². The van der Waals surface area contributed by atoms with E-state index in [2.05, 4.69) is 5.32 Å². The standard InChI is InChI=1S/C4H7NO/c1-3-4(5-3)2-6-1/h3-5H,1-2H2/t3-,4-/m1/s1. The molecule has 0 aromatic carbocycles. The molecule has 0 aromatic heterocycles. The Morgan fingerprint density at radius 2 is 2.00 bits per heavy atom. The second-order valence-electron chi connectivity index (χ2n) is 1.92. The summed E-state index contributed by atoms with van der Waals surface area (Å²) in [5.74, 6) is 0. The van der Waals surface area contributed by atoms with Gasteiger partial charge in [-0.3, -0.25) is 0 Å². The lowest BCUT2D eigenvalue weighted by atomic mass is 10.4. The Morgan fingerprint density at radius 1 is 1.33 bits per heavy atom. The van der Waals surface area contributed by atoms with E-state index >= 15 is 0 Å². The summed E-state index contributed by atoms with van der Waals surface area (Å²) in [4.78, 5) is 0. The number of hydrogen-bond acceptors (Lipinski definition) is 2. The molecular weight excluding hydrogens is 78.0 g/mol. The summed E-state index contributed by atoms with van der Waals surface area (Å²) in [6.07, 6.45) is 0. The van der Waals surface area contributed by atoms with Gasteiger partial charge in [-0.2, -0.15) is 0 Å². The molecule has 2 fully saturated rings. The fourth-order valence-corrected chi connectivity index (χ4v) is 0.870. The lowest BCUT2D eigenvalue weighted by Gasteiger charge is -1.88. The quantitative estimate of drug-likeness (QED) is 0.396. The highest BCUT2D eigenvalue weighted by molar-refractivity contribution is 5.01. The van der Waals surface area contributed by atoms with Gasteiger partial charge in [0.15, 0.2) is 0 Å². The Labute approximate surface area is 36.5 Å². The van der Waals surface area contributed by atoms with Gasteiger partial charge in [0.05, 0.1) is 13.2 Å². The first-order chi connectivity index (χ1) is 2.97. The lowest BCUT2D eigenvalue weighted by Crippen LogP contribution is -2.01. The minimum absolute atomic E-state index is 0.741. The number of ether oxygens (including phenoxy) is 1. The zero-order valence-electron chi connectivity index (χ0n) is 3.48. The summed E-state index contributed by atoms with van der Waals surface area (Å²) in [5.41, 5.74) is 0. The van der Waals surface area contributed by atoms with Gasteiger partial charge in [-0.15, -0.1) is 0 Å². The molecule has 0 unspecified atom stereocenters. The van der Waals surface area contributed by atoms with E-state index in [1.54, 1.807) is 0 Å². The van der Waals surface area contributed by atoms with Crippen LogP contribution in [-0.2, 0) is 4.74 Å². The summed E-state index contributed by atoms with van der Waals surface area (Å²) in [5, 5.41) is 3.24. The molecule has 2 rings (SSSR count). The summed E-state index contributed by atoms with van der Waals surface area (Å²) in [7, 11) is 0. The van der Waals surface area contributed by atoms with Gasteiger partial charge in [0.25, 0.3) is 0 Å². The van der Waals surface area contributed by atoms with E-state index in [0.717, 1.165) is 25.3 Å². The first kappa shape index (κ1) is 2.99. The Kier molecular flexibility index (Phi) is 0.383. The van der Waals surface area contributed by atoms with Crippen molar-refractivity contribution < 1.29 is 4.74 Å². The predicted molar refractivity (Wildman–Crippen MR) is 21.5 cm³/mol. The molecule has 2 saturated heterocycles. The van der Waals surface area contributed by atoms with Crippen LogP contribution in [0.5, 0.6) is 0 Å². The average molecular weight is 85.1 g/mol. The molecular formula is C4H7NO. The molecule has 0 amide bonds. The molecule has 2 heteroatoms. The van der Waals surface area contributed by atoms with Crippen LogP contribution in [-0.4, -0.2) is 25.3 Å². The third-order valence-corrected chi connectivity index (χ3v) is 1.40. The molecule has 2 nitrogen and oxygen atoms in total. The normalized spacial score (nSPS) is 52.0. The van der Waals surface area contributed by atoms with Gasteiger partial charge in [-0.05, 0) is 0 Å². The van der Waals surface area contributed by atoms with Crippen LogP contribution < -0.4 is 5.32 Å². The molecule has 2 heterocycles. The van der Waals surface area contributed by atoms with E-state index in [0.29, 0.717) is 0 Å². The Hall–Kier alpha value is -0.0800. The third kappa shape index (κ3) is 0.235. The fraction of sp³-hybridized carbons (Fsp3) is 1.00. The number of morpholine rings is 1. The fourth-order valence-electron chi connectivity index (χ4n) is 0.870. The first-order valence-electron chi connectivity index (χ1n) is 2.30. The maximum absolute atomic E-state index is 5.04. The van der Waals surface area contributed by atoms with Crippen LogP contribution in [0.1, 0.15) is 0 Å². The maximum Gasteiger partial charge on any atom is 0.0636 e. The third-order valence-electron chi connectivity index (χ3n) is 1.40. The van der Waals surface area contributed by atoms with Crippen molar-refractivity contribution in [2.45, 2.75) is 12.1 Å². The van der Waals surface area contributed by atoms with Crippen molar-refractivity contribution in [2.75, 3.05) is 13.2 Å². The van der Waals surface area contributed by atoms with Crippen molar-refractivity contribution in [1.29, 1.82) is 0 Å². The van der Waals surface area contributed by atoms with Crippen molar-refractivity contribution in [3.05, 3.63) is 0 Å². The molecule has 0 saturated carbocycles. The van der Waals surface area contributed by atoms with Crippen LogP contribution >= 0.6 is 0 Å². The predicted octanol–water partition coefficient (Wildman–Crippen LogP) is -0.643. The van der Waals surface area contributed by atoms with Gasteiger partial charge in [-0.25, -0.2) is 0 Å². The van der Waals surface area contributed by atoms with E-state index in [9.17, 15) is 0 Å². The Bertz CT molecular complexity index is 65.9. The van der Waals surface area contributed by atoms with E-state index < -0.39 is 0 Å². The average Bonchev–Trinajstić information content (AvgIpc) is 2.17. The molecule has 2 aliphatic rings. The molecule has 0 aromatic rings. The summed E-state index contributed by atoms with van der Waals surface area (Å²) >= 11 is 0. The molecule has 6 heavy (non-hydrogen) atoms. The molecule has 0 aliphatic carbocycles. The first-order valence-corrected chi connectivity index (χ1v) is 2.30. The minimum Gasteiger partial charge on any atom is -0.378 e. The van der Waals surface area contributed by atoms with Gasteiger partial charge in [0.2, 0.25) is 0 Å². The second kappa shape index (κ2) is 0.768. The van der Waals surface area contributed by atoms with Crippen LogP contribution in [0.3, 0.4) is 0 Å². The van der Waals surface area contributed by atoms with Gasteiger partial charge in [0.1, 0.15) is 0 Å². The van der Waals surface area contributed by atoms with E-state index in [1.165, 1.54) is 0 Å². The zero-order valence-corrected chi connectivity index (χ0v) is 3.48. The van der Waals surface area contributed by atoms with E-state index in [1.807, 2.05) is 0 Å². The van der Waals surface area contributed by atoms with E-state index in [-0.39, 0.29) is 0 Å². The van der Waals surface area contributed by atoms with Gasteiger partial charge >= 0.3 is 0 Å². The molecule has 2 aliphatic heterocycles. The topological polar surface area (TPSA) is 31.2 Å². The van der Waals surface area contributed by atoms with Crippen molar-refractivity contribution in [3.8, 4) is 0 Å². The molecule has 1 N–H and O–H groups in total. The molecule has 0 radical (unpaired) electrons. The Balaban J connectivity index is 2.09. The number of rotatable bonds is 0. The summed E-state index contributed by atoms with van der Waals surface area (Å²) in [6.45, 7) is 1.90. The monoisotopic (exact) mass is 85.1 g/mol. The molecule has 0 bridgehead atoms. The largest absolute Gasteiger partial charge is 0.378 e. The van der Waals surface area contributed by atoms with Crippen LogP contribution in [0.2, 0.25) is 0 Å². The summed E-state index contributed by atoms with van der Waals surface area (Å²) < 4.78 is 5.04. The van der Waals surface area contributed by atoms with E-state index in [4.69, 9.17) is 4.74 Å². The lowest BCUT2D eigenvalue weighted by molar-refractivity contribution is 0.172.